The van der Waals surface area contributed by atoms with Gasteiger partial charge in [0.25, 0.3) is 5.91 Å². The molecule has 3 heterocycles. The molecule has 0 spiro atoms. The predicted molar refractivity (Wildman–Crippen MR) is 109 cm³/mol. The topological polar surface area (TPSA) is 98.7 Å². The van der Waals surface area contributed by atoms with Gasteiger partial charge in [0, 0.05) is 24.9 Å². The molecular weight excluding hydrogens is 409 g/mol. The maximum Gasteiger partial charge on any atom is 0.435 e. The molecule has 7 nitrogen and oxygen atoms in total. The first-order valence-corrected chi connectivity index (χ1v) is 9.33. The summed E-state index contributed by atoms with van der Waals surface area (Å²) in [4.78, 5) is 24.8. The van der Waals surface area contributed by atoms with Crippen molar-refractivity contribution in [1.29, 1.82) is 0 Å². The average Bonchev–Trinajstić information content (AvgIpc) is 3.09. The van der Waals surface area contributed by atoms with Crippen LogP contribution in [0.3, 0.4) is 0 Å². The van der Waals surface area contributed by atoms with Crippen molar-refractivity contribution in [1.82, 2.24) is 19.5 Å². The molecule has 4 aromatic rings. The van der Waals surface area contributed by atoms with Crippen molar-refractivity contribution >= 4 is 28.6 Å². The molecule has 0 bridgehead atoms. The van der Waals surface area contributed by atoms with Gasteiger partial charge in [-0.2, -0.15) is 13.2 Å². The molecule has 0 radical (unpaired) electrons. The van der Waals surface area contributed by atoms with Crippen molar-refractivity contribution in [2.45, 2.75) is 19.1 Å². The highest BCUT2D eigenvalue weighted by atomic mass is 19.4. The van der Waals surface area contributed by atoms with Crippen molar-refractivity contribution < 1.29 is 18.0 Å². The molecular formula is C21H17F3N6O. The van der Waals surface area contributed by atoms with Crippen molar-refractivity contribution in [3.05, 3.63) is 77.9 Å². The molecule has 0 fully saturated rings. The highest BCUT2D eigenvalue weighted by Crippen LogP contribution is 2.32. The van der Waals surface area contributed by atoms with E-state index in [0.29, 0.717) is 18.5 Å². The summed E-state index contributed by atoms with van der Waals surface area (Å²) in [7, 11) is 0. The summed E-state index contributed by atoms with van der Waals surface area (Å²) in [5, 5.41) is 2.57. The summed E-state index contributed by atoms with van der Waals surface area (Å²) in [6, 6.07) is 15.0. The van der Waals surface area contributed by atoms with Crippen LogP contribution in [0.2, 0.25) is 0 Å². The quantitative estimate of drug-likeness (QED) is 0.504. The minimum atomic E-state index is -4.77. The molecule has 0 aliphatic carbocycles. The van der Waals surface area contributed by atoms with Gasteiger partial charge >= 0.3 is 6.18 Å². The van der Waals surface area contributed by atoms with Crippen LogP contribution in [0, 0.1) is 0 Å². The normalized spacial score (nSPS) is 11.6. The van der Waals surface area contributed by atoms with Gasteiger partial charge < -0.3 is 10.3 Å². The van der Waals surface area contributed by atoms with Crippen molar-refractivity contribution in [3.8, 4) is 0 Å². The number of amides is 1. The number of nitrogens with two attached hydrogens (primary N) is 1. The van der Waals surface area contributed by atoms with E-state index in [1.54, 1.807) is 22.9 Å². The Balaban J connectivity index is 1.64. The zero-order valence-electron chi connectivity index (χ0n) is 16.1. The summed E-state index contributed by atoms with van der Waals surface area (Å²) < 4.78 is 41.0. The molecule has 0 saturated heterocycles. The zero-order valence-corrected chi connectivity index (χ0v) is 16.1. The van der Waals surface area contributed by atoms with Crippen molar-refractivity contribution in [2.75, 3.05) is 11.1 Å². The average molecular weight is 426 g/mol. The molecule has 0 saturated carbocycles. The number of carbonyl (C=O) groups is 1. The van der Waals surface area contributed by atoms with Gasteiger partial charge in [0.15, 0.2) is 5.69 Å². The van der Waals surface area contributed by atoms with E-state index in [1.165, 1.54) is 0 Å². The first-order chi connectivity index (χ1) is 14.8. The minimum absolute atomic E-state index is 0.203. The number of nitrogens with zero attached hydrogens (tertiary/aromatic N) is 4. The Labute approximate surface area is 174 Å². The van der Waals surface area contributed by atoms with Crippen LogP contribution in [0.4, 0.5) is 24.8 Å². The Hall–Kier alpha value is -3.95. The molecule has 3 aromatic heterocycles. The molecule has 158 valence electrons. The number of aryl methyl sites for hydroxylation is 2. The monoisotopic (exact) mass is 426 g/mol. The molecule has 0 aliphatic heterocycles. The highest BCUT2D eigenvalue weighted by Gasteiger charge is 2.35. The SMILES string of the molecule is Nc1ccc(C(=O)Nc2nc3ccccc3n2CCc2ccccn2)nc1C(F)(F)F. The fourth-order valence-electron chi connectivity index (χ4n) is 3.16. The minimum Gasteiger partial charge on any atom is -0.397 e. The van der Waals surface area contributed by atoms with Crippen LogP contribution in [-0.2, 0) is 19.1 Å². The summed E-state index contributed by atoms with van der Waals surface area (Å²) >= 11 is 0. The third-order valence-electron chi connectivity index (χ3n) is 4.63. The van der Waals surface area contributed by atoms with Crippen LogP contribution in [0.15, 0.2) is 60.8 Å². The second-order valence-corrected chi connectivity index (χ2v) is 6.73. The molecule has 31 heavy (non-hydrogen) atoms. The molecule has 10 heteroatoms. The number of halogens is 3. The van der Waals surface area contributed by atoms with Gasteiger partial charge in [-0.1, -0.05) is 18.2 Å². The molecule has 4 rings (SSSR count). The number of pyridine rings is 2. The van der Waals surface area contributed by atoms with E-state index >= 15 is 0 Å². The Morgan fingerprint density at radius 1 is 1.03 bits per heavy atom. The lowest BCUT2D eigenvalue weighted by Crippen LogP contribution is -2.20. The first-order valence-electron chi connectivity index (χ1n) is 9.33. The number of benzene rings is 1. The summed E-state index contributed by atoms with van der Waals surface area (Å²) in [6.07, 6.45) is -2.51. The van der Waals surface area contributed by atoms with E-state index in [2.05, 4.69) is 20.3 Å². The van der Waals surface area contributed by atoms with Gasteiger partial charge in [0.2, 0.25) is 5.95 Å². The smallest absolute Gasteiger partial charge is 0.397 e. The molecule has 1 aromatic carbocycles. The number of hydrogen-bond donors (Lipinski definition) is 2. The lowest BCUT2D eigenvalue weighted by atomic mass is 10.2. The van der Waals surface area contributed by atoms with Gasteiger partial charge in [-0.05, 0) is 36.4 Å². The molecule has 3 N–H and O–H groups in total. The van der Waals surface area contributed by atoms with E-state index in [9.17, 15) is 18.0 Å². The molecule has 0 unspecified atom stereocenters. The number of imidazole rings is 1. The van der Waals surface area contributed by atoms with Crippen molar-refractivity contribution in [2.24, 2.45) is 0 Å². The Morgan fingerprint density at radius 2 is 1.81 bits per heavy atom. The number of hydrogen-bond acceptors (Lipinski definition) is 5. The highest BCUT2D eigenvalue weighted by molar-refractivity contribution is 6.03. The number of anilines is 2. The van der Waals surface area contributed by atoms with Gasteiger partial charge in [0.1, 0.15) is 5.69 Å². The summed E-state index contributed by atoms with van der Waals surface area (Å²) in [5.74, 6) is -0.616. The van der Waals surface area contributed by atoms with Crippen LogP contribution in [0.25, 0.3) is 11.0 Å². The largest absolute Gasteiger partial charge is 0.435 e. The third kappa shape index (κ3) is 4.32. The van der Waals surface area contributed by atoms with Crippen LogP contribution in [0.5, 0.6) is 0 Å². The number of para-hydroxylation sites is 2. The van der Waals surface area contributed by atoms with E-state index in [1.807, 2.05) is 30.3 Å². The van der Waals surface area contributed by atoms with Crippen LogP contribution in [-0.4, -0.2) is 25.4 Å². The predicted octanol–water partition coefficient (Wildman–Crippen LogP) is 3.92. The van der Waals surface area contributed by atoms with Crippen LogP contribution in [0.1, 0.15) is 21.9 Å². The maximum atomic E-state index is 13.1. The lowest BCUT2D eigenvalue weighted by molar-refractivity contribution is -0.140. The number of fused-ring (bicyclic) bond motifs is 1. The van der Waals surface area contributed by atoms with E-state index in [-0.39, 0.29) is 5.95 Å². The van der Waals surface area contributed by atoms with Gasteiger partial charge in [-0.15, -0.1) is 0 Å². The van der Waals surface area contributed by atoms with Crippen LogP contribution >= 0.6 is 0 Å². The van der Waals surface area contributed by atoms with E-state index in [4.69, 9.17) is 5.73 Å². The molecule has 1 amide bonds. The second kappa shape index (κ2) is 8.05. The number of nitrogens with one attached hydrogen (secondary N) is 1. The van der Waals surface area contributed by atoms with Gasteiger partial charge in [-0.3, -0.25) is 15.1 Å². The summed E-state index contributed by atoms with van der Waals surface area (Å²) in [6.45, 7) is 0.454. The number of nitrogen functional groups attached to an aromatic ring is 1. The number of alkyl halides is 3. The summed E-state index contributed by atoms with van der Waals surface area (Å²) in [5.41, 5.74) is 5.36. The van der Waals surface area contributed by atoms with Gasteiger partial charge in [0.05, 0.1) is 16.7 Å². The Kier molecular flexibility index (Phi) is 5.28. The fourth-order valence-corrected chi connectivity index (χ4v) is 3.16. The first kappa shape index (κ1) is 20.3. The third-order valence-corrected chi connectivity index (χ3v) is 4.63. The Bertz CT molecular complexity index is 1240. The van der Waals surface area contributed by atoms with Crippen LogP contribution < -0.4 is 11.1 Å². The maximum absolute atomic E-state index is 13.1. The number of carbonyl (C=O) groups excluding carboxylic acids is 1. The standard InChI is InChI=1S/C21H17F3N6O/c22-21(23,24)18-14(25)8-9-16(27-18)19(31)29-20-28-15-6-1-2-7-17(15)30(20)12-10-13-5-3-4-11-26-13/h1-9,11H,10,12,25H2,(H,28,29,31). The Morgan fingerprint density at radius 3 is 2.55 bits per heavy atom. The zero-order chi connectivity index (χ0) is 22.0. The molecule has 0 atom stereocenters. The van der Waals surface area contributed by atoms with E-state index in [0.717, 1.165) is 23.3 Å². The lowest BCUT2D eigenvalue weighted by Gasteiger charge is -2.12. The molecule has 0 aliphatic rings. The van der Waals surface area contributed by atoms with Gasteiger partial charge in [-0.25, -0.2) is 9.97 Å². The number of aromatic nitrogens is 4. The van der Waals surface area contributed by atoms with E-state index < -0.39 is 29.2 Å². The fraction of sp³-hybridized carbons (Fsp3) is 0.143. The number of rotatable bonds is 5. The van der Waals surface area contributed by atoms with Crippen molar-refractivity contribution in [3.63, 3.8) is 0 Å². The second-order valence-electron chi connectivity index (χ2n) is 6.73.